The van der Waals surface area contributed by atoms with Crippen LogP contribution in [0.5, 0.6) is 0 Å². The number of halogens is 2. The number of ketones is 1. The van der Waals surface area contributed by atoms with Gasteiger partial charge in [-0.1, -0.05) is 73.5 Å². The van der Waals surface area contributed by atoms with Crippen molar-refractivity contribution in [2.75, 3.05) is 0 Å². The Kier molecular flexibility index (Phi) is 8.20. The summed E-state index contributed by atoms with van der Waals surface area (Å²) >= 11 is 12.7. The second-order valence-electron chi connectivity index (χ2n) is 10.1. The number of piperidine rings is 1. The molecule has 2 aromatic carbocycles. The summed E-state index contributed by atoms with van der Waals surface area (Å²) in [5, 5.41) is 1.29. The summed E-state index contributed by atoms with van der Waals surface area (Å²) in [5.74, 6) is -0.0932. The maximum absolute atomic E-state index is 14.5. The van der Waals surface area contributed by atoms with E-state index in [2.05, 4.69) is 12.6 Å². The van der Waals surface area contributed by atoms with Gasteiger partial charge in [-0.25, -0.2) is 4.98 Å². The summed E-state index contributed by atoms with van der Waals surface area (Å²) in [5.41, 5.74) is 2.49. The lowest BCUT2D eigenvalue weighted by atomic mass is 9.67. The number of carbonyl (C=O) groups is 2. The molecular weight excluding hydrogens is 503 g/mol. The van der Waals surface area contributed by atoms with Gasteiger partial charge in [-0.2, -0.15) is 0 Å². The molecule has 0 spiro atoms. The summed E-state index contributed by atoms with van der Waals surface area (Å²) < 4.78 is 0. The van der Waals surface area contributed by atoms with Crippen molar-refractivity contribution in [3.63, 3.8) is 0 Å². The molecule has 192 valence electrons. The van der Waals surface area contributed by atoms with Crippen LogP contribution in [0.3, 0.4) is 0 Å². The van der Waals surface area contributed by atoms with E-state index in [1.807, 2.05) is 79.4 Å². The summed E-state index contributed by atoms with van der Waals surface area (Å²) in [6.45, 7) is 9.53. The SMILES string of the molecule is C=CC[C@@]1(C)C[C@H](c2cccc(Cl)c2)[C@@H](c2ccc(Cl)cc2)N([C@H](CC)c2cccc(C(C)=O)n2)C1=O. The molecule has 1 fully saturated rings. The standard InChI is InChI=1S/C31H32Cl2N2O2/c1-5-17-31(4)19-25(22-9-7-10-24(33)18-22)29(21-13-15-23(32)16-14-21)35(30(31)37)28(6-2)27-12-8-11-26(34-27)20(3)36/h5,7-16,18,25,28-29H,1,6,17,19H2,2-4H3/t25-,28-,29-,31+/m1/s1. The minimum absolute atomic E-state index is 0.0347. The second-order valence-corrected chi connectivity index (χ2v) is 10.9. The average molecular weight is 536 g/mol. The lowest BCUT2D eigenvalue weighted by Crippen LogP contribution is -2.53. The van der Waals surface area contributed by atoms with E-state index in [4.69, 9.17) is 28.2 Å². The highest BCUT2D eigenvalue weighted by molar-refractivity contribution is 6.30. The largest absolute Gasteiger partial charge is 0.326 e. The van der Waals surface area contributed by atoms with Gasteiger partial charge in [0.1, 0.15) is 5.69 Å². The van der Waals surface area contributed by atoms with Crippen LogP contribution in [0.1, 0.15) is 85.3 Å². The zero-order chi connectivity index (χ0) is 26.7. The number of likely N-dealkylation sites (tertiary alicyclic amines) is 1. The third-order valence-corrected chi connectivity index (χ3v) is 7.87. The van der Waals surface area contributed by atoms with Crippen molar-refractivity contribution in [1.29, 1.82) is 0 Å². The third-order valence-electron chi connectivity index (χ3n) is 7.38. The summed E-state index contributed by atoms with van der Waals surface area (Å²) in [6, 6.07) is 20.4. The number of allylic oxidation sites excluding steroid dienone is 1. The minimum Gasteiger partial charge on any atom is -0.326 e. The van der Waals surface area contributed by atoms with Crippen LogP contribution < -0.4 is 0 Å². The first kappa shape index (κ1) is 27.1. The number of hydrogen-bond donors (Lipinski definition) is 0. The molecule has 1 aromatic heterocycles. The van der Waals surface area contributed by atoms with Crippen molar-refractivity contribution in [3.05, 3.63) is 112 Å². The van der Waals surface area contributed by atoms with Crippen LogP contribution in [-0.4, -0.2) is 21.6 Å². The molecule has 1 aliphatic rings. The molecule has 1 aliphatic heterocycles. The van der Waals surface area contributed by atoms with Gasteiger partial charge in [-0.3, -0.25) is 9.59 Å². The molecule has 1 saturated heterocycles. The Bertz CT molecular complexity index is 1310. The molecule has 0 N–H and O–H groups in total. The Morgan fingerprint density at radius 3 is 2.43 bits per heavy atom. The maximum Gasteiger partial charge on any atom is 0.229 e. The van der Waals surface area contributed by atoms with Gasteiger partial charge < -0.3 is 4.90 Å². The minimum atomic E-state index is -0.663. The lowest BCUT2D eigenvalue weighted by molar-refractivity contribution is -0.155. The fraction of sp³-hybridized carbons (Fsp3) is 0.323. The predicted molar refractivity (Wildman–Crippen MR) is 150 cm³/mol. The maximum atomic E-state index is 14.5. The van der Waals surface area contributed by atoms with E-state index in [1.165, 1.54) is 6.92 Å². The van der Waals surface area contributed by atoms with Crippen molar-refractivity contribution in [2.45, 2.75) is 58.0 Å². The first-order valence-electron chi connectivity index (χ1n) is 12.6. The zero-order valence-electron chi connectivity index (χ0n) is 21.5. The highest BCUT2D eigenvalue weighted by Crippen LogP contribution is 2.54. The third kappa shape index (κ3) is 5.51. The molecule has 2 heterocycles. The van der Waals surface area contributed by atoms with Crippen LogP contribution in [-0.2, 0) is 4.79 Å². The molecule has 3 aromatic rings. The number of rotatable bonds is 8. The van der Waals surface area contributed by atoms with Gasteiger partial charge >= 0.3 is 0 Å². The molecule has 4 rings (SSSR count). The van der Waals surface area contributed by atoms with Crippen molar-refractivity contribution in [2.24, 2.45) is 5.41 Å². The van der Waals surface area contributed by atoms with Crippen molar-refractivity contribution in [3.8, 4) is 0 Å². The first-order chi connectivity index (χ1) is 17.7. The van der Waals surface area contributed by atoms with Crippen LogP contribution in [0.15, 0.2) is 79.4 Å². The molecule has 0 aliphatic carbocycles. The quantitative estimate of drug-likeness (QED) is 0.215. The average Bonchev–Trinajstić information content (AvgIpc) is 2.88. The van der Waals surface area contributed by atoms with Gasteiger partial charge in [0.25, 0.3) is 0 Å². The van der Waals surface area contributed by atoms with Crippen LogP contribution >= 0.6 is 23.2 Å². The summed E-state index contributed by atoms with van der Waals surface area (Å²) in [6.07, 6.45) is 3.64. The summed E-state index contributed by atoms with van der Waals surface area (Å²) in [4.78, 5) is 33.3. The van der Waals surface area contributed by atoms with Crippen molar-refractivity contribution < 1.29 is 9.59 Å². The van der Waals surface area contributed by atoms with Crippen LogP contribution in [0.4, 0.5) is 0 Å². The Morgan fingerprint density at radius 1 is 1.11 bits per heavy atom. The van der Waals surface area contributed by atoms with E-state index in [9.17, 15) is 9.59 Å². The molecule has 0 bridgehead atoms. The number of carbonyl (C=O) groups excluding carboxylic acids is 2. The molecular formula is C31H32Cl2N2O2. The first-order valence-corrected chi connectivity index (χ1v) is 13.4. The van der Waals surface area contributed by atoms with Gasteiger partial charge in [0, 0.05) is 22.9 Å². The molecule has 0 unspecified atom stereocenters. The molecule has 4 atom stereocenters. The van der Waals surface area contributed by atoms with E-state index in [0.717, 1.165) is 11.1 Å². The van der Waals surface area contributed by atoms with Crippen LogP contribution in [0.2, 0.25) is 10.0 Å². The van der Waals surface area contributed by atoms with Gasteiger partial charge in [-0.05, 0) is 66.8 Å². The number of pyridine rings is 1. The fourth-order valence-electron chi connectivity index (χ4n) is 5.61. The molecule has 1 amide bonds. The number of amides is 1. The lowest BCUT2D eigenvalue weighted by Gasteiger charge is -2.52. The Labute approximate surface area is 229 Å². The second kappa shape index (κ2) is 11.2. The van der Waals surface area contributed by atoms with E-state index in [0.29, 0.717) is 40.7 Å². The molecule has 4 nitrogen and oxygen atoms in total. The van der Waals surface area contributed by atoms with Gasteiger partial charge in [0.05, 0.1) is 23.2 Å². The smallest absolute Gasteiger partial charge is 0.229 e. The molecule has 6 heteroatoms. The molecule has 0 radical (unpaired) electrons. The van der Waals surface area contributed by atoms with Gasteiger partial charge in [-0.15, -0.1) is 6.58 Å². The number of nitrogens with zero attached hydrogens (tertiary/aromatic N) is 2. The predicted octanol–water partition coefficient (Wildman–Crippen LogP) is 8.38. The monoisotopic (exact) mass is 534 g/mol. The van der Waals surface area contributed by atoms with Crippen LogP contribution in [0.25, 0.3) is 0 Å². The normalized spacial score (nSPS) is 22.5. The summed E-state index contributed by atoms with van der Waals surface area (Å²) in [7, 11) is 0. The molecule has 37 heavy (non-hydrogen) atoms. The number of Topliss-reactive ketones (excluding diaryl/α,β-unsaturated/α-hetero) is 1. The molecule has 0 saturated carbocycles. The van der Waals surface area contributed by atoms with Crippen LogP contribution in [0, 0.1) is 5.41 Å². The van der Waals surface area contributed by atoms with E-state index < -0.39 is 5.41 Å². The zero-order valence-corrected chi connectivity index (χ0v) is 23.0. The number of hydrogen-bond acceptors (Lipinski definition) is 3. The Morgan fingerprint density at radius 2 is 1.81 bits per heavy atom. The fourth-order valence-corrected chi connectivity index (χ4v) is 5.94. The van der Waals surface area contributed by atoms with Crippen molar-refractivity contribution in [1.82, 2.24) is 9.88 Å². The Hall–Kier alpha value is -2.95. The van der Waals surface area contributed by atoms with E-state index >= 15 is 0 Å². The van der Waals surface area contributed by atoms with E-state index in [1.54, 1.807) is 6.07 Å². The Balaban J connectivity index is 1.96. The van der Waals surface area contributed by atoms with Crippen molar-refractivity contribution >= 4 is 34.9 Å². The van der Waals surface area contributed by atoms with E-state index in [-0.39, 0.29) is 29.7 Å². The topological polar surface area (TPSA) is 50.3 Å². The van der Waals surface area contributed by atoms with Gasteiger partial charge in [0.2, 0.25) is 5.91 Å². The highest BCUT2D eigenvalue weighted by atomic mass is 35.5. The van der Waals surface area contributed by atoms with Gasteiger partial charge in [0.15, 0.2) is 5.78 Å². The highest BCUT2D eigenvalue weighted by Gasteiger charge is 2.51. The number of benzene rings is 2. The number of aromatic nitrogens is 1.